The van der Waals surface area contributed by atoms with E-state index in [2.05, 4.69) is 10.6 Å². The first kappa shape index (κ1) is 14.8. The lowest BCUT2D eigenvalue weighted by Gasteiger charge is -2.35. The van der Waals surface area contributed by atoms with Gasteiger partial charge in [-0.1, -0.05) is 20.8 Å². The molecule has 0 radical (unpaired) electrons. The topological polar surface area (TPSA) is 78.5 Å². The molecule has 2 aliphatic rings. The summed E-state index contributed by atoms with van der Waals surface area (Å²) in [6.45, 7) is 8.19. The molecule has 0 aromatic carbocycles. The smallest absolute Gasteiger partial charge is 0.245 e. The molecule has 3 unspecified atom stereocenters. The summed E-state index contributed by atoms with van der Waals surface area (Å²) < 4.78 is 0. The van der Waals surface area contributed by atoms with Crippen LogP contribution in [0.4, 0.5) is 0 Å². The maximum absolute atomic E-state index is 12.1. The molecule has 6 nitrogen and oxygen atoms in total. The number of fused-ring (bicyclic) bond motifs is 1. The molecule has 0 saturated carbocycles. The highest BCUT2D eigenvalue weighted by Crippen LogP contribution is 2.24. The molecule has 6 heteroatoms. The normalized spacial score (nSPS) is 30.0. The highest BCUT2D eigenvalue weighted by molar-refractivity contribution is 5.98. The van der Waals surface area contributed by atoms with Crippen LogP contribution in [0.25, 0.3) is 0 Å². The molecule has 2 fully saturated rings. The Morgan fingerprint density at radius 2 is 2.05 bits per heavy atom. The van der Waals surface area contributed by atoms with E-state index in [1.54, 1.807) is 11.8 Å². The van der Waals surface area contributed by atoms with Crippen molar-refractivity contribution < 1.29 is 14.4 Å². The zero-order chi connectivity index (χ0) is 15.1. The van der Waals surface area contributed by atoms with Gasteiger partial charge in [-0.3, -0.25) is 14.4 Å². The predicted molar refractivity (Wildman–Crippen MR) is 73.7 cm³/mol. The SMILES string of the molecule is CC1NC(=O)C2C(NC(=O)CC(C)(C)C)CCN2C1=O. The first-order valence-corrected chi connectivity index (χ1v) is 7.09. The number of nitrogens with one attached hydrogen (secondary N) is 2. The molecular weight excluding hydrogens is 258 g/mol. The van der Waals surface area contributed by atoms with Crippen LogP contribution in [0, 0.1) is 5.41 Å². The summed E-state index contributed by atoms with van der Waals surface area (Å²) in [5.41, 5.74) is -0.0957. The third kappa shape index (κ3) is 2.94. The van der Waals surface area contributed by atoms with Gasteiger partial charge >= 0.3 is 0 Å². The van der Waals surface area contributed by atoms with E-state index in [1.807, 2.05) is 20.8 Å². The van der Waals surface area contributed by atoms with Crippen molar-refractivity contribution in [2.24, 2.45) is 5.41 Å². The van der Waals surface area contributed by atoms with E-state index >= 15 is 0 Å². The van der Waals surface area contributed by atoms with Crippen LogP contribution in [0.15, 0.2) is 0 Å². The first-order valence-electron chi connectivity index (χ1n) is 7.09. The van der Waals surface area contributed by atoms with Gasteiger partial charge in [0, 0.05) is 13.0 Å². The molecule has 2 heterocycles. The summed E-state index contributed by atoms with van der Waals surface area (Å²) in [5.74, 6) is -0.305. The molecule has 3 atom stereocenters. The van der Waals surface area contributed by atoms with Gasteiger partial charge in [0.05, 0.1) is 6.04 Å². The fourth-order valence-corrected chi connectivity index (χ4v) is 2.86. The Balaban J connectivity index is 2.03. The summed E-state index contributed by atoms with van der Waals surface area (Å²) >= 11 is 0. The van der Waals surface area contributed by atoms with Crippen LogP contribution < -0.4 is 10.6 Å². The molecule has 3 amide bonds. The first-order chi connectivity index (χ1) is 9.19. The summed E-state index contributed by atoms with van der Waals surface area (Å²) in [5, 5.41) is 5.58. The van der Waals surface area contributed by atoms with Crippen molar-refractivity contribution in [3.05, 3.63) is 0 Å². The summed E-state index contributed by atoms with van der Waals surface area (Å²) in [4.78, 5) is 37.6. The van der Waals surface area contributed by atoms with Crippen LogP contribution >= 0.6 is 0 Å². The molecule has 2 rings (SSSR count). The minimum atomic E-state index is -0.553. The Labute approximate surface area is 119 Å². The zero-order valence-electron chi connectivity index (χ0n) is 12.5. The highest BCUT2D eigenvalue weighted by atomic mass is 16.2. The van der Waals surface area contributed by atoms with E-state index in [4.69, 9.17) is 0 Å². The van der Waals surface area contributed by atoms with E-state index in [0.29, 0.717) is 19.4 Å². The van der Waals surface area contributed by atoms with Gasteiger partial charge in [-0.2, -0.15) is 0 Å². The second kappa shape index (κ2) is 5.07. The minimum Gasteiger partial charge on any atom is -0.351 e. The van der Waals surface area contributed by atoms with E-state index < -0.39 is 12.1 Å². The summed E-state index contributed by atoms with van der Waals surface area (Å²) in [6.07, 6.45) is 1.04. The second-order valence-corrected chi connectivity index (χ2v) is 6.91. The van der Waals surface area contributed by atoms with Crippen molar-refractivity contribution in [2.75, 3.05) is 6.54 Å². The standard InChI is InChI=1S/C14H23N3O3/c1-8-13(20)17-6-5-9(11(17)12(19)15-8)16-10(18)7-14(2,3)4/h8-9,11H,5-7H2,1-4H3,(H,15,19)(H,16,18). The lowest BCUT2D eigenvalue weighted by atomic mass is 9.91. The van der Waals surface area contributed by atoms with Crippen LogP contribution in [0.5, 0.6) is 0 Å². The fourth-order valence-electron chi connectivity index (χ4n) is 2.86. The van der Waals surface area contributed by atoms with Crippen LogP contribution in [-0.2, 0) is 14.4 Å². The van der Waals surface area contributed by atoms with Crippen LogP contribution in [0.1, 0.15) is 40.5 Å². The monoisotopic (exact) mass is 281 g/mol. The molecule has 2 aliphatic heterocycles. The zero-order valence-corrected chi connectivity index (χ0v) is 12.5. The maximum Gasteiger partial charge on any atom is 0.245 e. The Morgan fingerprint density at radius 3 is 2.65 bits per heavy atom. The van der Waals surface area contributed by atoms with Gasteiger partial charge in [0.1, 0.15) is 12.1 Å². The Hall–Kier alpha value is -1.59. The number of carbonyl (C=O) groups is 3. The number of amides is 3. The molecule has 112 valence electrons. The third-order valence-electron chi connectivity index (χ3n) is 3.72. The van der Waals surface area contributed by atoms with Gasteiger partial charge in [0.15, 0.2) is 0 Å². The van der Waals surface area contributed by atoms with Crippen molar-refractivity contribution in [1.82, 2.24) is 15.5 Å². The van der Waals surface area contributed by atoms with Crippen LogP contribution in [0.3, 0.4) is 0 Å². The van der Waals surface area contributed by atoms with E-state index in [9.17, 15) is 14.4 Å². The molecule has 0 aromatic heterocycles. The number of piperazine rings is 1. The molecule has 0 aliphatic carbocycles. The number of nitrogens with zero attached hydrogens (tertiary/aromatic N) is 1. The molecular formula is C14H23N3O3. The third-order valence-corrected chi connectivity index (χ3v) is 3.72. The van der Waals surface area contributed by atoms with Gasteiger partial charge in [0.2, 0.25) is 17.7 Å². The van der Waals surface area contributed by atoms with E-state index in [0.717, 1.165) is 0 Å². The van der Waals surface area contributed by atoms with Crippen molar-refractivity contribution in [1.29, 1.82) is 0 Å². The molecule has 2 saturated heterocycles. The van der Waals surface area contributed by atoms with Crippen molar-refractivity contribution >= 4 is 17.7 Å². The molecule has 0 spiro atoms. The lowest BCUT2D eigenvalue weighted by Crippen LogP contribution is -2.64. The van der Waals surface area contributed by atoms with Gasteiger partial charge in [0.25, 0.3) is 0 Å². The van der Waals surface area contributed by atoms with Gasteiger partial charge < -0.3 is 15.5 Å². The Bertz CT molecular complexity index is 441. The minimum absolute atomic E-state index is 0.0665. The number of carbonyl (C=O) groups excluding carboxylic acids is 3. The van der Waals surface area contributed by atoms with E-state index in [1.165, 1.54) is 0 Å². The summed E-state index contributed by atoms with van der Waals surface area (Å²) in [6, 6.07) is -1.30. The van der Waals surface area contributed by atoms with Crippen LogP contribution in [0.2, 0.25) is 0 Å². The van der Waals surface area contributed by atoms with Crippen molar-refractivity contribution in [3.8, 4) is 0 Å². The maximum atomic E-state index is 12.1. The lowest BCUT2D eigenvalue weighted by molar-refractivity contribution is -0.147. The Morgan fingerprint density at radius 1 is 1.40 bits per heavy atom. The number of hydrogen-bond donors (Lipinski definition) is 2. The highest BCUT2D eigenvalue weighted by Gasteiger charge is 2.47. The largest absolute Gasteiger partial charge is 0.351 e. The number of rotatable bonds is 2. The molecule has 2 N–H and O–H groups in total. The van der Waals surface area contributed by atoms with Crippen molar-refractivity contribution in [3.63, 3.8) is 0 Å². The van der Waals surface area contributed by atoms with Gasteiger partial charge in [-0.25, -0.2) is 0 Å². The number of hydrogen-bond acceptors (Lipinski definition) is 3. The summed E-state index contributed by atoms with van der Waals surface area (Å²) in [7, 11) is 0. The second-order valence-electron chi connectivity index (χ2n) is 6.91. The fraction of sp³-hybridized carbons (Fsp3) is 0.786. The Kier molecular flexibility index (Phi) is 3.75. The molecule has 0 bridgehead atoms. The van der Waals surface area contributed by atoms with Gasteiger partial charge in [-0.05, 0) is 18.8 Å². The van der Waals surface area contributed by atoms with E-state index in [-0.39, 0.29) is 29.2 Å². The van der Waals surface area contributed by atoms with Gasteiger partial charge in [-0.15, -0.1) is 0 Å². The molecule has 20 heavy (non-hydrogen) atoms. The average molecular weight is 281 g/mol. The molecule has 0 aromatic rings. The average Bonchev–Trinajstić information content (AvgIpc) is 2.67. The van der Waals surface area contributed by atoms with Crippen molar-refractivity contribution in [2.45, 2.75) is 58.7 Å². The quantitative estimate of drug-likeness (QED) is 0.749. The predicted octanol–water partition coefficient (Wildman–Crippen LogP) is 0.0266. The van der Waals surface area contributed by atoms with Crippen LogP contribution in [-0.4, -0.2) is 47.3 Å².